The number of carbonyl (C=O) groups excluding carboxylic acids is 1. The first-order valence-electron chi connectivity index (χ1n) is 11.7. The number of hydrogen-bond donors (Lipinski definition) is 0. The smallest absolute Gasteiger partial charge is 0.228 e. The second kappa shape index (κ2) is 10.3. The maximum atomic E-state index is 13.3. The molecule has 4 aromatic carbocycles. The quantitative estimate of drug-likeness (QED) is 0.214. The minimum absolute atomic E-state index is 0.196. The minimum Gasteiger partial charge on any atom is -0.485 e. The first-order valence-corrected chi connectivity index (χ1v) is 11.7. The summed E-state index contributed by atoms with van der Waals surface area (Å²) in [7, 11) is 0. The Labute approximate surface area is 204 Å². The summed E-state index contributed by atoms with van der Waals surface area (Å²) in [6.45, 7) is 2.86. The van der Waals surface area contributed by atoms with Gasteiger partial charge in [-0.2, -0.15) is 0 Å². The van der Waals surface area contributed by atoms with Crippen LogP contribution in [0.15, 0.2) is 108 Å². The molecule has 1 aromatic heterocycles. The molecule has 0 aliphatic carbocycles. The van der Waals surface area contributed by atoms with Crippen molar-refractivity contribution in [3.8, 4) is 11.5 Å². The van der Waals surface area contributed by atoms with Crippen LogP contribution in [-0.2, 0) is 19.6 Å². The van der Waals surface area contributed by atoms with Gasteiger partial charge in [0.1, 0.15) is 18.8 Å². The van der Waals surface area contributed by atoms with E-state index in [0.717, 1.165) is 28.5 Å². The monoisotopic (exact) mass is 462 g/mol. The molecule has 35 heavy (non-hydrogen) atoms. The van der Waals surface area contributed by atoms with Crippen LogP contribution in [0.25, 0.3) is 11.0 Å². The zero-order chi connectivity index (χ0) is 24.0. The zero-order valence-electron chi connectivity index (χ0n) is 19.6. The Morgan fingerprint density at radius 3 is 2.00 bits per heavy atom. The lowest BCUT2D eigenvalue weighted by Gasteiger charge is -2.14. The molecule has 0 bridgehead atoms. The van der Waals surface area contributed by atoms with Crippen molar-refractivity contribution < 1.29 is 18.7 Å². The van der Waals surface area contributed by atoms with Crippen molar-refractivity contribution in [1.29, 1.82) is 0 Å². The molecule has 0 unspecified atom stereocenters. The van der Waals surface area contributed by atoms with Gasteiger partial charge in [0.25, 0.3) is 0 Å². The molecule has 0 amide bonds. The lowest BCUT2D eigenvalue weighted by Crippen LogP contribution is -2.04. The van der Waals surface area contributed by atoms with E-state index >= 15 is 0 Å². The average molecular weight is 463 g/mol. The lowest BCUT2D eigenvalue weighted by atomic mass is 10.1. The first-order chi connectivity index (χ1) is 17.2. The molecule has 0 radical (unpaired) electrons. The lowest BCUT2D eigenvalue weighted by molar-refractivity contribution is 0.101. The van der Waals surface area contributed by atoms with Crippen LogP contribution in [0.4, 0.5) is 0 Å². The number of rotatable bonds is 9. The Balaban J connectivity index is 1.42. The Hall–Kier alpha value is -4.31. The summed E-state index contributed by atoms with van der Waals surface area (Å²) < 4.78 is 18.1. The van der Waals surface area contributed by atoms with Crippen LogP contribution >= 0.6 is 0 Å². The molecule has 0 fully saturated rings. The normalized spacial score (nSPS) is 10.9. The van der Waals surface area contributed by atoms with E-state index in [2.05, 4.69) is 13.0 Å². The van der Waals surface area contributed by atoms with Crippen LogP contribution in [0.2, 0.25) is 0 Å². The third-order valence-corrected chi connectivity index (χ3v) is 5.90. The fourth-order valence-corrected chi connectivity index (χ4v) is 3.90. The SMILES string of the molecule is CCc1ccc2cc(C(=O)c3ccc(OCc4ccccc4)c(OCc4ccccc4)c3)oc2c1. The van der Waals surface area contributed by atoms with E-state index in [1.54, 1.807) is 24.3 Å². The van der Waals surface area contributed by atoms with Gasteiger partial charge in [-0.15, -0.1) is 0 Å². The van der Waals surface area contributed by atoms with Gasteiger partial charge in [0, 0.05) is 10.9 Å². The molecule has 4 nitrogen and oxygen atoms in total. The largest absolute Gasteiger partial charge is 0.485 e. The van der Waals surface area contributed by atoms with Crippen LogP contribution < -0.4 is 9.47 Å². The van der Waals surface area contributed by atoms with E-state index < -0.39 is 0 Å². The van der Waals surface area contributed by atoms with Gasteiger partial charge < -0.3 is 13.9 Å². The Morgan fingerprint density at radius 2 is 1.34 bits per heavy atom. The predicted octanol–water partition coefficient (Wildman–Crippen LogP) is 7.38. The molecule has 0 aliphatic rings. The third kappa shape index (κ3) is 5.28. The number of fused-ring (bicyclic) bond motifs is 1. The van der Waals surface area contributed by atoms with Crippen LogP contribution in [0.3, 0.4) is 0 Å². The molecule has 0 aliphatic heterocycles. The maximum Gasteiger partial charge on any atom is 0.228 e. The van der Waals surface area contributed by atoms with Crippen molar-refractivity contribution in [2.45, 2.75) is 26.6 Å². The first kappa shape index (κ1) is 22.5. The summed E-state index contributed by atoms with van der Waals surface area (Å²) >= 11 is 0. The molecule has 0 N–H and O–H groups in total. The highest BCUT2D eigenvalue weighted by Crippen LogP contribution is 2.32. The van der Waals surface area contributed by atoms with Gasteiger partial charge in [-0.25, -0.2) is 0 Å². The predicted molar refractivity (Wildman–Crippen MR) is 137 cm³/mol. The molecule has 0 saturated heterocycles. The van der Waals surface area contributed by atoms with Crippen molar-refractivity contribution in [2.24, 2.45) is 0 Å². The van der Waals surface area contributed by atoms with Crippen LogP contribution in [0, 0.1) is 0 Å². The van der Waals surface area contributed by atoms with Crippen molar-refractivity contribution >= 4 is 16.8 Å². The molecule has 5 aromatic rings. The summed E-state index contributed by atoms with van der Waals surface area (Å²) in [5.74, 6) is 1.21. The number of aryl methyl sites for hydroxylation is 1. The minimum atomic E-state index is -0.196. The molecular weight excluding hydrogens is 436 g/mol. The van der Waals surface area contributed by atoms with Crippen LogP contribution in [0.1, 0.15) is 39.7 Å². The molecule has 174 valence electrons. The standard InChI is InChI=1S/C31H26O4/c1-2-22-13-14-25-18-30(35-28(25)17-22)31(32)26-15-16-27(33-20-23-9-5-3-6-10-23)29(19-26)34-21-24-11-7-4-8-12-24/h3-19H,2,20-21H2,1H3. The second-order valence-electron chi connectivity index (χ2n) is 8.38. The van der Waals surface area contributed by atoms with Gasteiger partial charge in [-0.05, 0) is 53.4 Å². The summed E-state index contributed by atoms with van der Waals surface area (Å²) in [4.78, 5) is 13.3. The summed E-state index contributed by atoms with van der Waals surface area (Å²) in [6.07, 6.45) is 0.909. The van der Waals surface area contributed by atoms with Gasteiger partial charge in [-0.3, -0.25) is 4.79 Å². The number of furan rings is 1. The van der Waals surface area contributed by atoms with Gasteiger partial charge in [0.2, 0.25) is 5.78 Å². The van der Waals surface area contributed by atoms with Crippen molar-refractivity contribution in [2.75, 3.05) is 0 Å². The topological polar surface area (TPSA) is 48.7 Å². The number of ether oxygens (including phenoxy) is 2. The molecule has 5 rings (SSSR count). The summed E-state index contributed by atoms with van der Waals surface area (Å²) in [6, 6.07) is 32.9. The van der Waals surface area contributed by atoms with Crippen molar-refractivity contribution in [3.63, 3.8) is 0 Å². The van der Waals surface area contributed by atoms with E-state index in [4.69, 9.17) is 13.9 Å². The fourth-order valence-electron chi connectivity index (χ4n) is 3.90. The van der Waals surface area contributed by atoms with Gasteiger partial charge in [0.05, 0.1) is 0 Å². The van der Waals surface area contributed by atoms with E-state index in [9.17, 15) is 4.79 Å². The van der Waals surface area contributed by atoms with E-state index in [1.165, 1.54) is 5.56 Å². The fraction of sp³-hybridized carbons (Fsp3) is 0.129. The average Bonchev–Trinajstić information content (AvgIpc) is 3.35. The van der Waals surface area contributed by atoms with Gasteiger partial charge in [-0.1, -0.05) is 79.7 Å². The van der Waals surface area contributed by atoms with Gasteiger partial charge >= 0.3 is 0 Å². The molecule has 0 saturated carbocycles. The van der Waals surface area contributed by atoms with E-state index in [-0.39, 0.29) is 5.78 Å². The van der Waals surface area contributed by atoms with Crippen molar-refractivity contribution in [3.05, 3.63) is 131 Å². The van der Waals surface area contributed by atoms with Crippen LogP contribution in [0.5, 0.6) is 11.5 Å². The van der Waals surface area contributed by atoms with Gasteiger partial charge in [0.15, 0.2) is 17.3 Å². The second-order valence-corrected chi connectivity index (χ2v) is 8.38. The number of ketones is 1. The molecule has 1 heterocycles. The molecule has 0 atom stereocenters. The Bertz CT molecular complexity index is 1440. The van der Waals surface area contributed by atoms with E-state index in [0.29, 0.717) is 36.0 Å². The Kier molecular flexibility index (Phi) is 6.62. The Morgan fingerprint density at radius 1 is 0.686 bits per heavy atom. The molecule has 4 heteroatoms. The highest BCUT2D eigenvalue weighted by atomic mass is 16.5. The summed E-state index contributed by atoms with van der Waals surface area (Å²) in [5, 5.41) is 0.911. The summed E-state index contributed by atoms with van der Waals surface area (Å²) in [5.41, 5.74) is 4.45. The van der Waals surface area contributed by atoms with Crippen LogP contribution in [-0.4, -0.2) is 5.78 Å². The molecule has 0 spiro atoms. The highest BCUT2D eigenvalue weighted by molar-refractivity contribution is 6.09. The number of carbonyl (C=O) groups is 1. The maximum absolute atomic E-state index is 13.3. The number of hydrogen-bond acceptors (Lipinski definition) is 4. The molecular formula is C31H26O4. The number of benzene rings is 4. The third-order valence-electron chi connectivity index (χ3n) is 5.90. The highest BCUT2D eigenvalue weighted by Gasteiger charge is 2.18. The van der Waals surface area contributed by atoms with E-state index in [1.807, 2.05) is 72.8 Å². The van der Waals surface area contributed by atoms with Crippen molar-refractivity contribution in [1.82, 2.24) is 0 Å². The zero-order valence-corrected chi connectivity index (χ0v) is 19.6.